The summed E-state index contributed by atoms with van der Waals surface area (Å²) in [6.07, 6.45) is 5.17. The van der Waals surface area contributed by atoms with Crippen LogP contribution in [0.25, 0.3) is 0 Å². The van der Waals surface area contributed by atoms with Gasteiger partial charge < -0.3 is 9.84 Å². The third kappa shape index (κ3) is 3.69. The summed E-state index contributed by atoms with van der Waals surface area (Å²) < 4.78 is 5.04. The maximum Gasteiger partial charge on any atom is 0.320 e. The number of carbonyl (C=O) groups excluding carboxylic acids is 1. The summed E-state index contributed by atoms with van der Waals surface area (Å²) in [6.45, 7) is 5.90. The van der Waals surface area contributed by atoms with Gasteiger partial charge in [0.25, 0.3) is 0 Å². The van der Waals surface area contributed by atoms with E-state index < -0.39 is 0 Å². The number of esters is 1. The fraction of sp³-hybridized carbons (Fsp3) is 0.933. The minimum Gasteiger partial charge on any atom is -0.465 e. The van der Waals surface area contributed by atoms with Crippen molar-refractivity contribution >= 4 is 5.97 Å². The highest BCUT2D eigenvalue weighted by atomic mass is 16.5. The van der Waals surface area contributed by atoms with Crippen LogP contribution in [0.3, 0.4) is 0 Å². The van der Waals surface area contributed by atoms with E-state index in [1.165, 1.54) is 0 Å². The van der Waals surface area contributed by atoms with E-state index in [4.69, 9.17) is 4.74 Å². The van der Waals surface area contributed by atoms with Gasteiger partial charge in [0, 0.05) is 12.0 Å². The van der Waals surface area contributed by atoms with Crippen LogP contribution in [0, 0.1) is 11.8 Å². The SMILES string of the molecule is CCOC(=O)CN1CCCC1C1CC(C)CCC1O. The highest BCUT2D eigenvalue weighted by Gasteiger charge is 2.39. The molecule has 19 heavy (non-hydrogen) atoms. The first-order chi connectivity index (χ1) is 9.11. The molecule has 1 saturated heterocycles. The summed E-state index contributed by atoms with van der Waals surface area (Å²) in [4.78, 5) is 13.9. The molecule has 0 aromatic carbocycles. The lowest BCUT2D eigenvalue weighted by atomic mass is 9.76. The Balaban J connectivity index is 1.95. The van der Waals surface area contributed by atoms with Crippen molar-refractivity contribution in [2.45, 2.75) is 58.1 Å². The van der Waals surface area contributed by atoms with Gasteiger partial charge in [-0.05, 0) is 51.5 Å². The number of ether oxygens (including phenoxy) is 1. The molecule has 1 aliphatic carbocycles. The summed E-state index contributed by atoms with van der Waals surface area (Å²) >= 11 is 0. The van der Waals surface area contributed by atoms with Gasteiger partial charge in [0.15, 0.2) is 0 Å². The Bertz CT molecular complexity index is 308. The van der Waals surface area contributed by atoms with Crippen LogP contribution in [-0.2, 0) is 9.53 Å². The van der Waals surface area contributed by atoms with Gasteiger partial charge in [-0.25, -0.2) is 0 Å². The van der Waals surface area contributed by atoms with Gasteiger partial charge in [0.05, 0.1) is 19.3 Å². The smallest absolute Gasteiger partial charge is 0.320 e. The molecule has 0 radical (unpaired) electrons. The van der Waals surface area contributed by atoms with Crippen molar-refractivity contribution in [3.63, 3.8) is 0 Å². The summed E-state index contributed by atoms with van der Waals surface area (Å²) in [5.74, 6) is 0.895. The maximum absolute atomic E-state index is 11.6. The molecule has 0 amide bonds. The summed E-state index contributed by atoms with van der Waals surface area (Å²) in [5.41, 5.74) is 0. The second kappa shape index (κ2) is 6.71. The molecule has 4 heteroatoms. The Morgan fingerprint density at radius 1 is 1.37 bits per heavy atom. The number of rotatable bonds is 4. The molecule has 1 aliphatic heterocycles. The van der Waals surface area contributed by atoms with Crippen LogP contribution in [-0.4, -0.2) is 47.8 Å². The number of hydrogen-bond acceptors (Lipinski definition) is 4. The van der Waals surface area contributed by atoms with Crippen molar-refractivity contribution in [3.8, 4) is 0 Å². The van der Waals surface area contributed by atoms with Crippen LogP contribution in [0.4, 0.5) is 0 Å². The van der Waals surface area contributed by atoms with E-state index in [1.807, 2.05) is 6.92 Å². The van der Waals surface area contributed by atoms with E-state index >= 15 is 0 Å². The first-order valence-corrected chi connectivity index (χ1v) is 7.69. The average molecular weight is 269 g/mol. The predicted molar refractivity (Wildman–Crippen MR) is 73.7 cm³/mol. The van der Waals surface area contributed by atoms with Crippen LogP contribution in [0.1, 0.15) is 46.0 Å². The summed E-state index contributed by atoms with van der Waals surface area (Å²) in [5, 5.41) is 10.3. The monoisotopic (exact) mass is 269 g/mol. The highest BCUT2D eigenvalue weighted by molar-refractivity contribution is 5.71. The molecule has 110 valence electrons. The lowest BCUT2D eigenvalue weighted by Gasteiger charge is -2.39. The van der Waals surface area contributed by atoms with Crippen molar-refractivity contribution < 1.29 is 14.6 Å². The predicted octanol–water partition coefficient (Wildman–Crippen LogP) is 1.81. The molecule has 4 atom stereocenters. The molecule has 0 spiro atoms. The van der Waals surface area contributed by atoms with Gasteiger partial charge in [0.2, 0.25) is 0 Å². The van der Waals surface area contributed by atoms with E-state index in [2.05, 4.69) is 11.8 Å². The molecule has 1 heterocycles. The number of hydrogen-bond donors (Lipinski definition) is 1. The van der Waals surface area contributed by atoms with Crippen LogP contribution in [0.15, 0.2) is 0 Å². The molecule has 2 rings (SSSR count). The fourth-order valence-corrected chi connectivity index (χ4v) is 3.73. The third-order valence-corrected chi connectivity index (χ3v) is 4.67. The zero-order chi connectivity index (χ0) is 13.8. The summed E-state index contributed by atoms with van der Waals surface area (Å²) in [7, 11) is 0. The minimum atomic E-state index is -0.191. The van der Waals surface area contributed by atoms with E-state index in [0.29, 0.717) is 31.0 Å². The van der Waals surface area contributed by atoms with Crippen molar-refractivity contribution in [1.82, 2.24) is 4.90 Å². The summed E-state index contributed by atoms with van der Waals surface area (Å²) in [6, 6.07) is 0.363. The van der Waals surface area contributed by atoms with Crippen LogP contribution in [0.5, 0.6) is 0 Å². The minimum absolute atomic E-state index is 0.132. The van der Waals surface area contributed by atoms with Crippen molar-refractivity contribution in [1.29, 1.82) is 0 Å². The van der Waals surface area contributed by atoms with E-state index in [0.717, 1.165) is 38.6 Å². The molecular weight excluding hydrogens is 242 g/mol. The van der Waals surface area contributed by atoms with Crippen molar-refractivity contribution in [2.75, 3.05) is 19.7 Å². The molecule has 1 N–H and O–H groups in total. The Kier molecular flexibility index (Phi) is 5.22. The van der Waals surface area contributed by atoms with Gasteiger partial charge in [-0.1, -0.05) is 6.92 Å². The second-order valence-electron chi connectivity index (χ2n) is 6.13. The molecule has 0 aromatic rings. The number of likely N-dealkylation sites (tertiary alicyclic amines) is 1. The average Bonchev–Trinajstić information content (AvgIpc) is 2.80. The molecule has 2 aliphatic rings. The molecule has 2 fully saturated rings. The van der Waals surface area contributed by atoms with Crippen LogP contribution < -0.4 is 0 Å². The molecule has 4 nitrogen and oxygen atoms in total. The molecule has 1 saturated carbocycles. The number of nitrogens with zero attached hydrogens (tertiary/aromatic N) is 1. The standard InChI is InChI=1S/C15H27NO3/c1-3-19-15(18)10-16-8-4-5-13(16)12-9-11(2)6-7-14(12)17/h11-14,17H,3-10H2,1-2H3. The third-order valence-electron chi connectivity index (χ3n) is 4.67. The Labute approximate surface area is 116 Å². The molecule has 0 aromatic heterocycles. The van der Waals surface area contributed by atoms with Gasteiger partial charge in [0.1, 0.15) is 0 Å². The van der Waals surface area contributed by atoms with Crippen LogP contribution >= 0.6 is 0 Å². The normalized spacial score (nSPS) is 36.4. The largest absolute Gasteiger partial charge is 0.465 e. The number of aliphatic hydroxyl groups excluding tert-OH is 1. The quantitative estimate of drug-likeness (QED) is 0.791. The maximum atomic E-state index is 11.6. The Morgan fingerprint density at radius 3 is 2.89 bits per heavy atom. The highest BCUT2D eigenvalue weighted by Crippen LogP contribution is 2.36. The van der Waals surface area contributed by atoms with Gasteiger partial charge in [-0.2, -0.15) is 0 Å². The second-order valence-corrected chi connectivity index (χ2v) is 6.13. The molecule has 0 bridgehead atoms. The van der Waals surface area contributed by atoms with Crippen molar-refractivity contribution in [3.05, 3.63) is 0 Å². The topological polar surface area (TPSA) is 49.8 Å². The lowest BCUT2D eigenvalue weighted by Crippen LogP contribution is -2.45. The first-order valence-electron chi connectivity index (χ1n) is 7.69. The number of carbonyl (C=O) groups is 1. The molecular formula is C15H27NO3. The van der Waals surface area contributed by atoms with E-state index in [1.54, 1.807) is 0 Å². The number of aliphatic hydroxyl groups is 1. The first kappa shape index (κ1) is 14.8. The van der Waals surface area contributed by atoms with Gasteiger partial charge in [-0.15, -0.1) is 0 Å². The van der Waals surface area contributed by atoms with Gasteiger partial charge >= 0.3 is 5.97 Å². The Hall–Kier alpha value is -0.610. The zero-order valence-electron chi connectivity index (χ0n) is 12.2. The fourth-order valence-electron chi connectivity index (χ4n) is 3.73. The lowest BCUT2D eigenvalue weighted by molar-refractivity contribution is -0.145. The van der Waals surface area contributed by atoms with E-state index in [-0.39, 0.29) is 12.1 Å². The van der Waals surface area contributed by atoms with Crippen molar-refractivity contribution in [2.24, 2.45) is 11.8 Å². The molecule has 4 unspecified atom stereocenters. The van der Waals surface area contributed by atoms with Crippen LogP contribution in [0.2, 0.25) is 0 Å². The van der Waals surface area contributed by atoms with Gasteiger partial charge in [-0.3, -0.25) is 9.69 Å². The zero-order valence-corrected chi connectivity index (χ0v) is 12.2. The van der Waals surface area contributed by atoms with E-state index in [9.17, 15) is 9.90 Å². The Morgan fingerprint density at radius 2 is 2.16 bits per heavy atom.